The summed E-state index contributed by atoms with van der Waals surface area (Å²) in [5.74, 6) is 1.05. The maximum Gasteiger partial charge on any atom is 0.0148 e. The quantitative estimate of drug-likeness (QED) is 0.559. The monoisotopic (exact) mass is 167 g/mol. The summed E-state index contributed by atoms with van der Waals surface area (Å²) in [5.41, 5.74) is 0. The molecule has 0 unspecified atom stereocenters. The van der Waals surface area contributed by atoms with Crippen LogP contribution in [0.2, 0.25) is 0 Å². The van der Waals surface area contributed by atoms with Gasteiger partial charge in [-0.3, -0.25) is 4.72 Å². The van der Waals surface area contributed by atoms with E-state index in [4.69, 9.17) is 22.4 Å². The molecule has 0 aromatic rings. The molecule has 4 heteroatoms. The van der Waals surface area contributed by atoms with Gasteiger partial charge in [-0.1, -0.05) is 0 Å². The van der Waals surface area contributed by atoms with E-state index in [1.165, 1.54) is 12.8 Å². The SMILES string of the molecule is S=S1(=S)CCCCN1. The highest BCUT2D eigenvalue weighted by atomic mass is 33.1. The van der Waals surface area contributed by atoms with E-state index in [0.29, 0.717) is 0 Å². The lowest BCUT2D eigenvalue weighted by Gasteiger charge is -2.16. The average molecular weight is 167 g/mol. The molecule has 1 aliphatic heterocycles. The molecule has 0 aromatic carbocycles. The minimum absolute atomic E-state index is 1.04. The molecule has 1 heterocycles. The predicted octanol–water partition coefficient (Wildman–Crippen LogP) is 0.363. The summed E-state index contributed by atoms with van der Waals surface area (Å²) in [6.45, 7) is 1.04. The van der Waals surface area contributed by atoms with E-state index in [1.54, 1.807) is 0 Å². The zero-order valence-corrected chi connectivity index (χ0v) is 7.00. The van der Waals surface area contributed by atoms with E-state index in [2.05, 4.69) is 4.72 Å². The Morgan fingerprint density at radius 1 is 1.25 bits per heavy atom. The van der Waals surface area contributed by atoms with E-state index < -0.39 is 7.33 Å². The second kappa shape index (κ2) is 2.56. The lowest BCUT2D eigenvalue weighted by atomic mass is 10.3. The molecule has 0 saturated carbocycles. The van der Waals surface area contributed by atoms with E-state index in [1.807, 2.05) is 0 Å². The lowest BCUT2D eigenvalue weighted by Crippen LogP contribution is -2.30. The molecule has 0 atom stereocenters. The highest BCUT2D eigenvalue weighted by Crippen LogP contribution is 2.00. The second-order valence-corrected chi connectivity index (χ2v) is 7.89. The van der Waals surface area contributed by atoms with Crippen molar-refractivity contribution in [3.63, 3.8) is 0 Å². The molecule has 1 rings (SSSR count). The van der Waals surface area contributed by atoms with Crippen molar-refractivity contribution >= 4 is 29.7 Å². The van der Waals surface area contributed by atoms with Crippen LogP contribution < -0.4 is 4.72 Å². The fourth-order valence-corrected chi connectivity index (χ4v) is 3.11. The van der Waals surface area contributed by atoms with E-state index >= 15 is 0 Å². The number of nitrogens with one attached hydrogen (secondary N) is 1. The predicted molar refractivity (Wildman–Crippen MR) is 44.2 cm³/mol. The van der Waals surface area contributed by atoms with Crippen molar-refractivity contribution in [2.45, 2.75) is 12.8 Å². The van der Waals surface area contributed by atoms with Gasteiger partial charge in [-0.25, -0.2) is 0 Å². The highest BCUT2D eigenvalue weighted by Gasteiger charge is 2.05. The molecule has 0 aromatic heterocycles. The van der Waals surface area contributed by atoms with Crippen molar-refractivity contribution in [1.82, 2.24) is 4.72 Å². The van der Waals surface area contributed by atoms with Crippen LogP contribution >= 0.6 is 0 Å². The van der Waals surface area contributed by atoms with Crippen LogP contribution in [0.1, 0.15) is 12.8 Å². The molecule has 1 fully saturated rings. The van der Waals surface area contributed by atoms with Crippen LogP contribution in [0, 0.1) is 0 Å². The van der Waals surface area contributed by atoms with Crippen LogP contribution in [-0.4, -0.2) is 12.3 Å². The molecule has 0 bridgehead atoms. The average Bonchev–Trinajstić information content (AvgIpc) is 1.65. The fraction of sp³-hybridized carbons (Fsp3) is 1.00. The van der Waals surface area contributed by atoms with Crippen LogP contribution in [0.25, 0.3) is 0 Å². The van der Waals surface area contributed by atoms with Crippen LogP contribution in [0.4, 0.5) is 0 Å². The zero-order valence-electron chi connectivity index (χ0n) is 4.55. The Labute approximate surface area is 59.8 Å². The summed E-state index contributed by atoms with van der Waals surface area (Å²) in [7, 11) is -1.17. The molecular formula is C4H9NS3. The number of hydrogen-bond acceptors (Lipinski definition) is 2. The van der Waals surface area contributed by atoms with E-state index in [0.717, 1.165) is 12.3 Å². The third-order valence-corrected chi connectivity index (χ3v) is 4.34. The molecule has 1 saturated heterocycles. The molecule has 48 valence electrons. The summed E-state index contributed by atoms with van der Waals surface area (Å²) in [6.07, 6.45) is 2.48. The van der Waals surface area contributed by atoms with Crippen LogP contribution in [-0.2, 0) is 29.7 Å². The molecule has 1 N–H and O–H groups in total. The van der Waals surface area contributed by atoms with Crippen molar-refractivity contribution in [3.05, 3.63) is 0 Å². The standard InChI is InChI=1S/C4H9NS3/c6-8(7)4-2-1-3-5-8/h5H,1-4H2. The van der Waals surface area contributed by atoms with Gasteiger partial charge in [-0.2, -0.15) is 0 Å². The molecule has 8 heavy (non-hydrogen) atoms. The van der Waals surface area contributed by atoms with E-state index in [-0.39, 0.29) is 0 Å². The van der Waals surface area contributed by atoms with Crippen molar-refractivity contribution in [1.29, 1.82) is 0 Å². The molecular weight excluding hydrogens is 158 g/mol. The first-order valence-corrected chi connectivity index (χ1v) is 6.33. The third-order valence-electron chi connectivity index (χ3n) is 1.16. The Kier molecular flexibility index (Phi) is 2.19. The van der Waals surface area contributed by atoms with Crippen molar-refractivity contribution in [2.24, 2.45) is 0 Å². The van der Waals surface area contributed by atoms with Gasteiger partial charge in [-0.15, -0.1) is 0 Å². The van der Waals surface area contributed by atoms with Gasteiger partial charge in [0.15, 0.2) is 0 Å². The molecule has 0 radical (unpaired) electrons. The summed E-state index contributed by atoms with van der Waals surface area (Å²) >= 11 is 10.2. The molecule has 1 aliphatic rings. The molecule has 1 nitrogen and oxygen atoms in total. The first-order valence-electron chi connectivity index (χ1n) is 2.68. The summed E-state index contributed by atoms with van der Waals surface area (Å²) in [5, 5.41) is 0. The first-order chi connectivity index (χ1) is 3.71. The molecule has 0 amide bonds. The van der Waals surface area contributed by atoms with Crippen molar-refractivity contribution in [3.8, 4) is 0 Å². The van der Waals surface area contributed by atoms with Crippen molar-refractivity contribution < 1.29 is 0 Å². The van der Waals surface area contributed by atoms with Gasteiger partial charge in [0.05, 0.1) is 0 Å². The second-order valence-electron chi connectivity index (χ2n) is 1.92. The van der Waals surface area contributed by atoms with Crippen molar-refractivity contribution in [2.75, 3.05) is 12.3 Å². The minimum Gasteiger partial charge on any atom is -0.258 e. The van der Waals surface area contributed by atoms with Crippen LogP contribution in [0.5, 0.6) is 0 Å². The lowest BCUT2D eigenvalue weighted by molar-refractivity contribution is 0.750. The molecule has 0 aliphatic carbocycles. The number of rotatable bonds is 0. The van der Waals surface area contributed by atoms with Crippen LogP contribution in [0.15, 0.2) is 0 Å². The van der Waals surface area contributed by atoms with Gasteiger partial charge in [-0.05, 0) is 42.6 Å². The largest absolute Gasteiger partial charge is 0.258 e. The fourth-order valence-electron chi connectivity index (χ4n) is 0.717. The van der Waals surface area contributed by atoms with Gasteiger partial charge in [0.2, 0.25) is 0 Å². The highest BCUT2D eigenvalue weighted by molar-refractivity contribution is 8.55. The normalized spacial score (nSPS) is 27.5. The number of hydrogen-bond donors (Lipinski definition) is 1. The Morgan fingerprint density at radius 3 is 2.25 bits per heavy atom. The van der Waals surface area contributed by atoms with Crippen LogP contribution in [0.3, 0.4) is 0 Å². The smallest absolute Gasteiger partial charge is 0.0148 e. The Hall–Kier alpha value is 0.750. The van der Waals surface area contributed by atoms with Gasteiger partial charge >= 0.3 is 0 Å². The van der Waals surface area contributed by atoms with Gasteiger partial charge in [0.25, 0.3) is 0 Å². The minimum atomic E-state index is -1.17. The Bertz CT molecular complexity index is 146. The summed E-state index contributed by atoms with van der Waals surface area (Å²) < 4.78 is 3.17. The van der Waals surface area contributed by atoms with Gasteiger partial charge < -0.3 is 0 Å². The maximum atomic E-state index is 5.08. The zero-order chi connectivity index (χ0) is 6.04. The Morgan fingerprint density at radius 2 is 2.00 bits per heavy atom. The first kappa shape index (κ1) is 6.86. The third kappa shape index (κ3) is 1.93. The van der Waals surface area contributed by atoms with Gasteiger partial charge in [0.1, 0.15) is 0 Å². The summed E-state index contributed by atoms with van der Waals surface area (Å²) in [6, 6.07) is 0. The Balaban J connectivity index is 2.58. The topological polar surface area (TPSA) is 12.0 Å². The van der Waals surface area contributed by atoms with E-state index in [9.17, 15) is 0 Å². The maximum absolute atomic E-state index is 5.08. The van der Waals surface area contributed by atoms with Gasteiger partial charge in [0, 0.05) is 12.3 Å². The summed E-state index contributed by atoms with van der Waals surface area (Å²) in [4.78, 5) is 0. The molecule has 0 spiro atoms.